The average molecular weight is 413 g/mol. The molecule has 0 amide bonds. The van der Waals surface area contributed by atoms with Crippen molar-refractivity contribution in [2.24, 2.45) is 0 Å². The average Bonchev–Trinajstić information content (AvgIpc) is 2.44. The van der Waals surface area contributed by atoms with Crippen molar-refractivity contribution in [2.75, 3.05) is 40.5 Å². The summed E-state index contributed by atoms with van der Waals surface area (Å²) < 4.78 is 11.8. The van der Waals surface area contributed by atoms with Crippen LogP contribution in [0.2, 0.25) is 5.02 Å². The Morgan fingerprint density at radius 1 is 1.17 bits per heavy atom. The first-order chi connectivity index (χ1) is 10.7. The Bertz CT molecular complexity index is 500. The maximum atomic E-state index is 9.10. The van der Waals surface area contributed by atoms with Gasteiger partial charge in [-0.2, -0.15) is 0 Å². The van der Waals surface area contributed by atoms with Gasteiger partial charge in [-0.25, -0.2) is 9.59 Å². The number of hydrogen-bond donors (Lipinski definition) is 2. The van der Waals surface area contributed by atoms with Gasteiger partial charge >= 0.3 is 11.9 Å². The van der Waals surface area contributed by atoms with Crippen LogP contribution in [-0.2, 0) is 14.3 Å². The van der Waals surface area contributed by atoms with E-state index in [1.165, 1.54) is 0 Å². The van der Waals surface area contributed by atoms with E-state index >= 15 is 0 Å². The van der Waals surface area contributed by atoms with Crippen LogP contribution in [0.25, 0.3) is 0 Å². The van der Waals surface area contributed by atoms with Crippen LogP contribution in [-0.4, -0.2) is 67.5 Å². The first kappa shape index (κ1) is 21.6. The summed E-state index contributed by atoms with van der Waals surface area (Å²) in [6, 6.07) is 5.45. The fourth-order valence-corrected chi connectivity index (χ4v) is 1.95. The lowest BCUT2D eigenvalue weighted by Gasteiger charge is -2.11. The number of ether oxygens (including phenoxy) is 2. The number of nitrogens with zero attached hydrogens (tertiary/aromatic N) is 1. The summed E-state index contributed by atoms with van der Waals surface area (Å²) in [5, 5.41) is 15.5. The Morgan fingerprint density at radius 2 is 1.78 bits per heavy atom. The molecule has 0 radical (unpaired) electrons. The normalized spacial score (nSPS) is 9.96. The molecule has 23 heavy (non-hydrogen) atoms. The van der Waals surface area contributed by atoms with E-state index in [9.17, 15) is 0 Å². The molecule has 0 atom stereocenters. The molecule has 0 aromatic heterocycles. The topological polar surface area (TPSA) is 96.3 Å². The zero-order valence-corrected chi connectivity index (χ0v) is 15.1. The van der Waals surface area contributed by atoms with Gasteiger partial charge < -0.3 is 24.6 Å². The number of likely N-dealkylation sites (N-methyl/N-ethyl adjacent to an activating group) is 1. The van der Waals surface area contributed by atoms with E-state index in [-0.39, 0.29) is 0 Å². The van der Waals surface area contributed by atoms with E-state index in [1.54, 1.807) is 6.07 Å². The van der Waals surface area contributed by atoms with Gasteiger partial charge in [-0.05, 0) is 48.2 Å². The van der Waals surface area contributed by atoms with Crippen molar-refractivity contribution in [1.82, 2.24) is 4.90 Å². The van der Waals surface area contributed by atoms with Crippen molar-refractivity contribution in [3.05, 3.63) is 27.7 Å². The molecule has 0 aliphatic heterocycles. The number of carbonyl (C=O) groups is 2. The van der Waals surface area contributed by atoms with Gasteiger partial charge in [-0.3, -0.25) is 0 Å². The molecular formula is C14H19BrClNO6. The van der Waals surface area contributed by atoms with Gasteiger partial charge in [0.1, 0.15) is 12.4 Å². The van der Waals surface area contributed by atoms with Gasteiger partial charge in [0.05, 0.1) is 17.7 Å². The van der Waals surface area contributed by atoms with Gasteiger partial charge in [0, 0.05) is 11.6 Å². The Morgan fingerprint density at radius 3 is 2.26 bits per heavy atom. The molecule has 9 heteroatoms. The van der Waals surface area contributed by atoms with Gasteiger partial charge in [-0.1, -0.05) is 11.6 Å². The lowest BCUT2D eigenvalue weighted by atomic mass is 10.3. The number of halogens is 2. The quantitative estimate of drug-likeness (QED) is 0.523. The van der Waals surface area contributed by atoms with Gasteiger partial charge in [0.2, 0.25) is 0 Å². The Labute approximate surface area is 147 Å². The van der Waals surface area contributed by atoms with E-state index in [0.29, 0.717) is 18.2 Å². The fraction of sp³-hybridized carbons (Fsp3) is 0.429. The molecule has 7 nitrogen and oxygen atoms in total. The minimum Gasteiger partial charge on any atom is -0.490 e. The van der Waals surface area contributed by atoms with Crippen LogP contribution in [0.1, 0.15) is 0 Å². The molecule has 0 spiro atoms. The molecule has 1 aromatic rings. The largest absolute Gasteiger partial charge is 0.490 e. The molecule has 1 aromatic carbocycles. The zero-order chi connectivity index (χ0) is 17.8. The molecule has 130 valence electrons. The summed E-state index contributed by atoms with van der Waals surface area (Å²) in [6.45, 7) is 2.76. The third-order valence-electron chi connectivity index (χ3n) is 2.24. The third-order valence-corrected chi connectivity index (χ3v) is 3.10. The first-order valence-corrected chi connectivity index (χ1v) is 7.67. The molecule has 0 aliphatic rings. The monoisotopic (exact) mass is 411 g/mol. The summed E-state index contributed by atoms with van der Waals surface area (Å²) in [7, 11) is 4.04. The van der Waals surface area contributed by atoms with Gasteiger partial charge in [0.15, 0.2) is 0 Å². The Kier molecular flexibility index (Phi) is 11.4. The van der Waals surface area contributed by atoms with Crippen LogP contribution in [0.4, 0.5) is 0 Å². The molecule has 0 saturated heterocycles. The van der Waals surface area contributed by atoms with Crippen LogP contribution >= 0.6 is 27.5 Å². The highest BCUT2D eigenvalue weighted by atomic mass is 79.9. The van der Waals surface area contributed by atoms with Crippen molar-refractivity contribution < 1.29 is 29.3 Å². The first-order valence-electron chi connectivity index (χ1n) is 6.50. The second-order valence-corrected chi connectivity index (χ2v) is 5.74. The molecule has 0 unspecified atom stereocenters. The lowest BCUT2D eigenvalue weighted by Crippen LogP contribution is -2.19. The SMILES string of the molecule is CN(C)CCOCCOc1ccc(Cl)cc1Br.O=C(O)C(=O)O. The molecule has 2 N–H and O–H groups in total. The van der Waals surface area contributed by atoms with E-state index in [0.717, 1.165) is 23.4 Å². The highest BCUT2D eigenvalue weighted by molar-refractivity contribution is 9.10. The molecule has 0 fully saturated rings. The molecule has 1 rings (SSSR count). The van der Waals surface area contributed by atoms with Crippen LogP contribution in [0.15, 0.2) is 22.7 Å². The number of benzene rings is 1. The van der Waals surface area contributed by atoms with E-state index < -0.39 is 11.9 Å². The number of rotatable bonds is 7. The third kappa shape index (κ3) is 11.8. The molecule has 0 heterocycles. The van der Waals surface area contributed by atoms with E-state index in [2.05, 4.69) is 20.8 Å². The van der Waals surface area contributed by atoms with Crippen LogP contribution in [0.3, 0.4) is 0 Å². The second kappa shape index (κ2) is 12.1. The van der Waals surface area contributed by atoms with Crippen molar-refractivity contribution in [2.45, 2.75) is 0 Å². The zero-order valence-electron chi connectivity index (χ0n) is 12.8. The lowest BCUT2D eigenvalue weighted by molar-refractivity contribution is -0.159. The number of aliphatic carboxylic acids is 2. The smallest absolute Gasteiger partial charge is 0.414 e. The summed E-state index contributed by atoms with van der Waals surface area (Å²) >= 11 is 9.23. The van der Waals surface area contributed by atoms with Crippen LogP contribution < -0.4 is 4.74 Å². The van der Waals surface area contributed by atoms with Crippen LogP contribution in [0.5, 0.6) is 5.75 Å². The van der Waals surface area contributed by atoms with Crippen molar-refractivity contribution in [1.29, 1.82) is 0 Å². The summed E-state index contributed by atoms with van der Waals surface area (Å²) in [4.78, 5) is 20.3. The fourth-order valence-electron chi connectivity index (χ4n) is 1.15. The van der Waals surface area contributed by atoms with Crippen LogP contribution in [0, 0.1) is 0 Å². The highest BCUT2D eigenvalue weighted by Gasteiger charge is 2.04. The minimum absolute atomic E-state index is 0.535. The minimum atomic E-state index is -1.82. The second-order valence-electron chi connectivity index (χ2n) is 4.45. The molecule has 0 aliphatic carbocycles. The van der Waals surface area contributed by atoms with Crippen molar-refractivity contribution in [3.63, 3.8) is 0 Å². The van der Waals surface area contributed by atoms with Crippen molar-refractivity contribution >= 4 is 39.5 Å². The number of carboxylic acids is 2. The molecule has 0 saturated carbocycles. The number of carboxylic acid groups (broad SMARTS) is 2. The van der Waals surface area contributed by atoms with E-state index in [1.807, 2.05) is 26.2 Å². The molecular weight excluding hydrogens is 394 g/mol. The standard InChI is InChI=1S/C12H17BrClNO2.C2H2O4/c1-15(2)5-6-16-7-8-17-12-4-3-10(14)9-11(12)13;3-1(4)2(5)6/h3-4,9H,5-8H2,1-2H3;(H,3,4)(H,5,6). The van der Waals surface area contributed by atoms with Gasteiger partial charge in [-0.15, -0.1) is 0 Å². The maximum Gasteiger partial charge on any atom is 0.414 e. The summed E-state index contributed by atoms with van der Waals surface area (Å²) in [6.07, 6.45) is 0. The van der Waals surface area contributed by atoms with Gasteiger partial charge in [0.25, 0.3) is 0 Å². The van der Waals surface area contributed by atoms with E-state index in [4.69, 9.17) is 40.9 Å². The predicted octanol–water partition coefficient (Wildman–Crippen LogP) is 2.22. The maximum absolute atomic E-state index is 9.10. The van der Waals surface area contributed by atoms with Crippen molar-refractivity contribution in [3.8, 4) is 5.75 Å². The Hall–Kier alpha value is -1.35. The predicted molar refractivity (Wildman–Crippen MR) is 89.3 cm³/mol. The highest BCUT2D eigenvalue weighted by Crippen LogP contribution is 2.27. The Balaban J connectivity index is 0.000000688. The molecule has 0 bridgehead atoms. The number of hydrogen-bond acceptors (Lipinski definition) is 5. The summed E-state index contributed by atoms with van der Waals surface area (Å²) in [5.74, 6) is -2.87. The summed E-state index contributed by atoms with van der Waals surface area (Å²) in [5.41, 5.74) is 0.